The van der Waals surface area contributed by atoms with Gasteiger partial charge in [-0.1, -0.05) is 6.92 Å². The summed E-state index contributed by atoms with van der Waals surface area (Å²) in [7, 11) is 3.79. The van der Waals surface area contributed by atoms with Gasteiger partial charge in [0.1, 0.15) is 0 Å². The SMILES string of the molecule is CCC1CN(C(=O)C(N)CCCOC)CCN1C. The summed E-state index contributed by atoms with van der Waals surface area (Å²) in [6.45, 7) is 5.37. The fourth-order valence-corrected chi connectivity index (χ4v) is 2.39. The van der Waals surface area contributed by atoms with E-state index in [9.17, 15) is 4.79 Å². The highest BCUT2D eigenvalue weighted by atomic mass is 16.5. The van der Waals surface area contributed by atoms with Crippen molar-refractivity contribution in [3.05, 3.63) is 0 Å². The van der Waals surface area contributed by atoms with Crippen molar-refractivity contribution in [1.29, 1.82) is 0 Å². The molecule has 1 aliphatic rings. The van der Waals surface area contributed by atoms with E-state index in [2.05, 4.69) is 18.9 Å². The molecule has 0 saturated carbocycles. The molecule has 0 aromatic rings. The first-order chi connectivity index (χ1) is 8.60. The van der Waals surface area contributed by atoms with E-state index in [1.165, 1.54) is 0 Å². The fraction of sp³-hybridized carbons (Fsp3) is 0.923. The molecule has 0 bridgehead atoms. The van der Waals surface area contributed by atoms with Crippen molar-refractivity contribution in [2.24, 2.45) is 5.73 Å². The number of nitrogens with zero attached hydrogens (tertiary/aromatic N) is 2. The normalized spacial score (nSPS) is 23.1. The molecule has 1 saturated heterocycles. The lowest BCUT2D eigenvalue weighted by molar-refractivity contribution is -0.135. The molecule has 0 aliphatic carbocycles. The smallest absolute Gasteiger partial charge is 0.239 e. The second kappa shape index (κ2) is 7.71. The zero-order valence-corrected chi connectivity index (χ0v) is 11.9. The third kappa shape index (κ3) is 4.23. The number of amides is 1. The summed E-state index contributed by atoms with van der Waals surface area (Å²) in [5, 5.41) is 0. The van der Waals surface area contributed by atoms with Crippen LogP contribution in [-0.4, -0.2) is 68.2 Å². The minimum Gasteiger partial charge on any atom is -0.385 e. The van der Waals surface area contributed by atoms with E-state index >= 15 is 0 Å². The van der Waals surface area contributed by atoms with Crippen molar-refractivity contribution >= 4 is 5.91 Å². The zero-order chi connectivity index (χ0) is 13.5. The van der Waals surface area contributed by atoms with Gasteiger partial charge in [0.15, 0.2) is 0 Å². The standard InChI is InChI=1S/C13H27N3O2/c1-4-11-10-16(8-7-15(11)2)13(17)12(14)6-5-9-18-3/h11-12H,4-10,14H2,1-3H3. The first-order valence-corrected chi connectivity index (χ1v) is 6.83. The third-order valence-corrected chi connectivity index (χ3v) is 3.74. The van der Waals surface area contributed by atoms with Crippen molar-refractivity contribution in [2.75, 3.05) is 40.4 Å². The first kappa shape index (κ1) is 15.4. The molecular weight excluding hydrogens is 230 g/mol. The Morgan fingerprint density at radius 2 is 2.22 bits per heavy atom. The van der Waals surface area contributed by atoms with Crippen LogP contribution in [0, 0.1) is 0 Å². The molecule has 18 heavy (non-hydrogen) atoms. The van der Waals surface area contributed by atoms with Gasteiger partial charge in [-0.3, -0.25) is 9.69 Å². The molecule has 0 aromatic carbocycles. The van der Waals surface area contributed by atoms with Crippen LogP contribution in [0.15, 0.2) is 0 Å². The van der Waals surface area contributed by atoms with Crippen LogP contribution in [0.1, 0.15) is 26.2 Å². The van der Waals surface area contributed by atoms with E-state index in [-0.39, 0.29) is 11.9 Å². The maximum absolute atomic E-state index is 12.2. The van der Waals surface area contributed by atoms with Gasteiger partial charge in [0.2, 0.25) is 5.91 Å². The van der Waals surface area contributed by atoms with Gasteiger partial charge in [-0.25, -0.2) is 0 Å². The largest absolute Gasteiger partial charge is 0.385 e. The number of piperazine rings is 1. The molecule has 2 N–H and O–H groups in total. The molecule has 2 unspecified atom stereocenters. The van der Waals surface area contributed by atoms with E-state index in [4.69, 9.17) is 10.5 Å². The maximum Gasteiger partial charge on any atom is 0.239 e. The Bertz CT molecular complexity index is 261. The number of ether oxygens (including phenoxy) is 1. The summed E-state index contributed by atoms with van der Waals surface area (Å²) in [6.07, 6.45) is 2.61. The highest BCUT2D eigenvalue weighted by molar-refractivity contribution is 5.81. The molecule has 0 radical (unpaired) electrons. The van der Waals surface area contributed by atoms with Crippen LogP contribution in [0.25, 0.3) is 0 Å². The van der Waals surface area contributed by atoms with Crippen LogP contribution in [0.3, 0.4) is 0 Å². The quantitative estimate of drug-likeness (QED) is 0.695. The lowest BCUT2D eigenvalue weighted by Gasteiger charge is -2.40. The number of hydrogen-bond donors (Lipinski definition) is 1. The number of hydrogen-bond acceptors (Lipinski definition) is 4. The molecular formula is C13H27N3O2. The van der Waals surface area contributed by atoms with E-state index < -0.39 is 0 Å². The van der Waals surface area contributed by atoms with Crippen molar-refractivity contribution in [3.8, 4) is 0 Å². The number of rotatable bonds is 6. The highest BCUT2D eigenvalue weighted by Crippen LogP contribution is 2.12. The average Bonchev–Trinajstić information content (AvgIpc) is 2.38. The molecule has 1 heterocycles. The molecule has 5 nitrogen and oxygen atoms in total. The monoisotopic (exact) mass is 257 g/mol. The number of likely N-dealkylation sites (N-methyl/N-ethyl adjacent to an activating group) is 1. The van der Waals surface area contributed by atoms with Crippen molar-refractivity contribution in [3.63, 3.8) is 0 Å². The van der Waals surface area contributed by atoms with Gasteiger partial charge in [-0.2, -0.15) is 0 Å². The predicted octanol–water partition coefficient (Wildman–Crippen LogP) is 0.293. The van der Waals surface area contributed by atoms with Crippen LogP contribution < -0.4 is 5.73 Å². The lowest BCUT2D eigenvalue weighted by atomic mass is 10.1. The fourth-order valence-electron chi connectivity index (χ4n) is 2.39. The summed E-state index contributed by atoms with van der Waals surface area (Å²) in [5.41, 5.74) is 5.95. The van der Waals surface area contributed by atoms with Gasteiger partial charge in [-0.15, -0.1) is 0 Å². The Kier molecular flexibility index (Phi) is 6.60. The van der Waals surface area contributed by atoms with Crippen LogP contribution in [-0.2, 0) is 9.53 Å². The summed E-state index contributed by atoms with van der Waals surface area (Å²) in [4.78, 5) is 16.4. The van der Waals surface area contributed by atoms with E-state index in [0.717, 1.165) is 32.5 Å². The van der Waals surface area contributed by atoms with Crippen LogP contribution in [0.5, 0.6) is 0 Å². The molecule has 1 aliphatic heterocycles. The Morgan fingerprint density at radius 3 is 2.83 bits per heavy atom. The van der Waals surface area contributed by atoms with Crippen molar-refractivity contribution in [2.45, 2.75) is 38.3 Å². The molecule has 1 rings (SSSR count). The van der Waals surface area contributed by atoms with Crippen LogP contribution in [0.2, 0.25) is 0 Å². The van der Waals surface area contributed by atoms with Gasteiger partial charge >= 0.3 is 0 Å². The minimum atomic E-state index is -0.374. The second-order valence-corrected chi connectivity index (χ2v) is 5.07. The van der Waals surface area contributed by atoms with E-state index in [1.807, 2.05) is 4.90 Å². The molecule has 1 amide bonds. The van der Waals surface area contributed by atoms with Crippen LogP contribution >= 0.6 is 0 Å². The highest BCUT2D eigenvalue weighted by Gasteiger charge is 2.28. The molecule has 1 fully saturated rings. The average molecular weight is 257 g/mol. The summed E-state index contributed by atoms with van der Waals surface area (Å²) < 4.78 is 4.98. The summed E-state index contributed by atoms with van der Waals surface area (Å²) in [6, 6.07) is 0.0925. The predicted molar refractivity (Wildman–Crippen MR) is 72.4 cm³/mol. The lowest BCUT2D eigenvalue weighted by Crippen LogP contribution is -2.56. The Balaban J connectivity index is 2.41. The van der Waals surface area contributed by atoms with Gasteiger partial charge < -0.3 is 15.4 Å². The maximum atomic E-state index is 12.2. The number of carbonyl (C=O) groups is 1. The molecule has 2 atom stereocenters. The Morgan fingerprint density at radius 1 is 1.50 bits per heavy atom. The van der Waals surface area contributed by atoms with Gasteiger partial charge in [0, 0.05) is 39.4 Å². The van der Waals surface area contributed by atoms with Crippen LogP contribution in [0.4, 0.5) is 0 Å². The second-order valence-electron chi connectivity index (χ2n) is 5.07. The third-order valence-electron chi connectivity index (χ3n) is 3.74. The van der Waals surface area contributed by atoms with Gasteiger partial charge in [-0.05, 0) is 26.3 Å². The zero-order valence-electron chi connectivity index (χ0n) is 11.9. The minimum absolute atomic E-state index is 0.0950. The molecule has 106 valence electrons. The first-order valence-electron chi connectivity index (χ1n) is 6.83. The number of nitrogens with two attached hydrogens (primary N) is 1. The molecule has 0 aromatic heterocycles. The topological polar surface area (TPSA) is 58.8 Å². The van der Waals surface area contributed by atoms with Gasteiger partial charge in [0.25, 0.3) is 0 Å². The molecule has 0 spiro atoms. The number of carbonyl (C=O) groups excluding carboxylic acids is 1. The number of methoxy groups -OCH3 is 1. The summed E-state index contributed by atoms with van der Waals surface area (Å²) >= 11 is 0. The van der Waals surface area contributed by atoms with Gasteiger partial charge in [0.05, 0.1) is 6.04 Å². The summed E-state index contributed by atoms with van der Waals surface area (Å²) in [5.74, 6) is 0.0950. The van der Waals surface area contributed by atoms with E-state index in [0.29, 0.717) is 19.1 Å². The van der Waals surface area contributed by atoms with Crippen molar-refractivity contribution < 1.29 is 9.53 Å². The van der Waals surface area contributed by atoms with E-state index in [1.54, 1.807) is 7.11 Å². The molecule has 5 heteroatoms. The van der Waals surface area contributed by atoms with Crippen molar-refractivity contribution in [1.82, 2.24) is 9.80 Å². The Hall–Kier alpha value is -0.650. The Labute approximate surface area is 110 Å².